The number of nitrogens with one attached hydrogen (secondary N) is 1. The first-order chi connectivity index (χ1) is 4.85. The second-order valence-electron chi connectivity index (χ2n) is 1.88. The molecule has 0 saturated carbocycles. The summed E-state index contributed by atoms with van der Waals surface area (Å²) in [5.74, 6) is 0. The van der Waals surface area contributed by atoms with Crippen molar-refractivity contribution >= 4 is 6.21 Å². The Morgan fingerprint density at radius 3 is 2.80 bits per heavy atom. The molecule has 56 valence electrons. The molecular formula is C8H14N2. The summed E-state index contributed by atoms with van der Waals surface area (Å²) in [6.45, 7) is 4.51. The molecule has 0 bridgehead atoms. The van der Waals surface area contributed by atoms with Crippen molar-refractivity contribution in [2.24, 2.45) is 4.99 Å². The second kappa shape index (κ2) is 6.23. The molecule has 0 amide bonds. The van der Waals surface area contributed by atoms with Crippen molar-refractivity contribution in [2.75, 3.05) is 20.6 Å². The minimum absolute atomic E-state index is 0.843. The summed E-state index contributed by atoms with van der Waals surface area (Å²) in [7, 11) is 3.65. The maximum absolute atomic E-state index is 3.83. The van der Waals surface area contributed by atoms with E-state index in [-0.39, 0.29) is 0 Å². The fraction of sp³-hybridized carbons (Fsp3) is 0.375. The normalized spacial score (nSPS) is 12.4. The molecule has 0 fully saturated rings. The minimum Gasteiger partial charge on any atom is -0.316 e. The van der Waals surface area contributed by atoms with E-state index in [1.54, 1.807) is 13.3 Å². The van der Waals surface area contributed by atoms with Gasteiger partial charge in [-0.3, -0.25) is 4.99 Å². The van der Waals surface area contributed by atoms with Crippen molar-refractivity contribution in [1.29, 1.82) is 0 Å². The number of aliphatic imine (C=N–C) groups is 1. The maximum atomic E-state index is 3.83. The first-order valence-electron chi connectivity index (χ1n) is 3.23. The van der Waals surface area contributed by atoms with Crippen molar-refractivity contribution < 1.29 is 0 Å². The van der Waals surface area contributed by atoms with E-state index in [0.29, 0.717) is 0 Å². The Labute approximate surface area is 62.4 Å². The largest absolute Gasteiger partial charge is 0.316 e. The molecule has 1 N–H and O–H groups in total. The summed E-state index contributed by atoms with van der Waals surface area (Å²) in [6.07, 6.45) is 5.51. The Bertz CT molecular complexity index is 145. The number of allylic oxidation sites excluding steroid dienone is 1. The van der Waals surface area contributed by atoms with Gasteiger partial charge >= 0.3 is 0 Å². The molecule has 0 rings (SSSR count). The summed E-state index contributed by atoms with van der Waals surface area (Å²) in [5.41, 5.74) is 1.15. The molecule has 0 aromatic heterocycles. The minimum atomic E-state index is 0.843. The van der Waals surface area contributed by atoms with Crippen LogP contribution in [0.1, 0.15) is 0 Å². The van der Waals surface area contributed by atoms with Crippen LogP contribution >= 0.6 is 0 Å². The number of nitrogens with zero attached hydrogens (tertiary/aromatic N) is 1. The second-order valence-corrected chi connectivity index (χ2v) is 1.88. The van der Waals surface area contributed by atoms with E-state index in [4.69, 9.17) is 0 Å². The molecule has 0 heterocycles. The third-order valence-corrected chi connectivity index (χ3v) is 1.08. The molecule has 0 atom stereocenters. The van der Waals surface area contributed by atoms with Crippen molar-refractivity contribution in [3.05, 3.63) is 24.3 Å². The quantitative estimate of drug-likeness (QED) is 0.455. The van der Waals surface area contributed by atoms with Crippen molar-refractivity contribution in [3.63, 3.8) is 0 Å². The zero-order chi connectivity index (χ0) is 7.82. The summed E-state index contributed by atoms with van der Waals surface area (Å²) >= 11 is 0. The van der Waals surface area contributed by atoms with E-state index in [9.17, 15) is 0 Å². The van der Waals surface area contributed by atoms with E-state index in [1.165, 1.54) is 0 Å². The van der Waals surface area contributed by atoms with Crippen LogP contribution in [0.4, 0.5) is 0 Å². The van der Waals surface area contributed by atoms with Gasteiger partial charge in [-0.15, -0.1) is 0 Å². The molecule has 0 radical (unpaired) electrons. The zero-order valence-electron chi connectivity index (χ0n) is 6.59. The molecule has 0 aromatic carbocycles. The fourth-order valence-electron chi connectivity index (χ4n) is 0.574. The summed E-state index contributed by atoms with van der Waals surface area (Å²) in [5, 5.41) is 3.03. The van der Waals surface area contributed by atoms with E-state index in [0.717, 1.165) is 12.1 Å². The molecular weight excluding hydrogens is 124 g/mol. The average molecular weight is 138 g/mol. The Morgan fingerprint density at radius 2 is 2.40 bits per heavy atom. The third-order valence-electron chi connectivity index (χ3n) is 1.08. The van der Waals surface area contributed by atoms with E-state index >= 15 is 0 Å². The van der Waals surface area contributed by atoms with E-state index < -0.39 is 0 Å². The smallest absolute Gasteiger partial charge is 0.0277 e. The van der Waals surface area contributed by atoms with Crippen LogP contribution in [0.3, 0.4) is 0 Å². The first kappa shape index (κ1) is 9.11. The standard InChI is InChI=1S/C8H14N2/c1-4-8(7-10-3)5-6-9-2/h4-6,10H,1,7H2,2-3H3/b8-5+,9-6-. The Morgan fingerprint density at radius 1 is 1.70 bits per heavy atom. The van der Waals surface area contributed by atoms with Crippen LogP contribution < -0.4 is 5.32 Å². The van der Waals surface area contributed by atoms with Crippen LogP contribution in [0.15, 0.2) is 29.3 Å². The van der Waals surface area contributed by atoms with Crippen LogP contribution in [-0.4, -0.2) is 26.9 Å². The van der Waals surface area contributed by atoms with Gasteiger partial charge in [0.15, 0.2) is 0 Å². The van der Waals surface area contributed by atoms with Gasteiger partial charge in [-0.2, -0.15) is 0 Å². The van der Waals surface area contributed by atoms with Gasteiger partial charge in [-0.25, -0.2) is 0 Å². The number of hydrogen-bond acceptors (Lipinski definition) is 2. The predicted octanol–water partition coefficient (Wildman–Crippen LogP) is 1.02. The Kier molecular flexibility index (Phi) is 5.68. The van der Waals surface area contributed by atoms with Crippen LogP contribution in [0, 0.1) is 0 Å². The van der Waals surface area contributed by atoms with Gasteiger partial charge in [0.2, 0.25) is 0 Å². The number of rotatable bonds is 4. The lowest BCUT2D eigenvalue weighted by Crippen LogP contribution is -2.09. The van der Waals surface area contributed by atoms with Gasteiger partial charge in [0.1, 0.15) is 0 Å². The van der Waals surface area contributed by atoms with Gasteiger partial charge in [0, 0.05) is 19.8 Å². The van der Waals surface area contributed by atoms with Crippen LogP contribution in [0.5, 0.6) is 0 Å². The molecule has 0 aliphatic heterocycles. The lowest BCUT2D eigenvalue weighted by molar-refractivity contribution is 0.897. The summed E-state index contributed by atoms with van der Waals surface area (Å²) < 4.78 is 0. The lowest BCUT2D eigenvalue weighted by atomic mass is 10.2. The Balaban J connectivity index is 3.90. The molecule has 10 heavy (non-hydrogen) atoms. The molecule has 0 aliphatic rings. The van der Waals surface area contributed by atoms with Crippen molar-refractivity contribution in [3.8, 4) is 0 Å². The molecule has 2 nitrogen and oxygen atoms in total. The average Bonchev–Trinajstić information content (AvgIpc) is 1.98. The molecule has 0 spiro atoms. The van der Waals surface area contributed by atoms with Gasteiger partial charge in [-0.05, 0) is 18.7 Å². The maximum Gasteiger partial charge on any atom is 0.0277 e. The van der Waals surface area contributed by atoms with Crippen molar-refractivity contribution in [2.45, 2.75) is 0 Å². The highest BCUT2D eigenvalue weighted by Gasteiger charge is 1.84. The summed E-state index contributed by atoms with van der Waals surface area (Å²) in [4.78, 5) is 3.83. The molecule has 2 heteroatoms. The van der Waals surface area contributed by atoms with Crippen molar-refractivity contribution in [1.82, 2.24) is 5.32 Å². The van der Waals surface area contributed by atoms with Gasteiger partial charge < -0.3 is 5.32 Å². The molecule has 0 aliphatic carbocycles. The SMILES string of the molecule is C=C/C(=C\C=N/C)CNC. The number of likely N-dealkylation sites (N-methyl/N-ethyl adjacent to an activating group) is 1. The lowest BCUT2D eigenvalue weighted by Gasteiger charge is -1.96. The Hall–Kier alpha value is -0.890. The van der Waals surface area contributed by atoms with Gasteiger partial charge in [-0.1, -0.05) is 12.7 Å². The first-order valence-corrected chi connectivity index (χ1v) is 3.23. The van der Waals surface area contributed by atoms with E-state index in [2.05, 4.69) is 16.9 Å². The van der Waals surface area contributed by atoms with E-state index in [1.807, 2.05) is 19.2 Å². The zero-order valence-corrected chi connectivity index (χ0v) is 6.59. The molecule has 0 aromatic rings. The monoisotopic (exact) mass is 138 g/mol. The van der Waals surface area contributed by atoms with Crippen LogP contribution in [0.2, 0.25) is 0 Å². The number of hydrogen-bond donors (Lipinski definition) is 1. The molecule has 0 unspecified atom stereocenters. The van der Waals surface area contributed by atoms with Crippen LogP contribution in [0.25, 0.3) is 0 Å². The van der Waals surface area contributed by atoms with Crippen LogP contribution in [-0.2, 0) is 0 Å². The highest BCUT2D eigenvalue weighted by atomic mass is 14.8. The van der Waals surface area contributed by atoms with Gasteiger partial charge in [0.25, 0.3) is 0 Å². The fourth-order valence-corrected chi connectivity index (χ4v) is 0.574. The predicted molar refractivity (Wildman–Crippen MR) is 46.6 cm³/mol. The molecule has 0 saturated heterocycles. The summed E-state index contributed by atoms with van der Waals surface area (Å²) in [6, 6.07) is 0. The van der Waals surface area contributed by atoms with Gasteiger partial charge in [0.05, 0.1) is 0 Å². The highest BCUT2D eigenvalue weighted by Crippen LogP contribution is 1.89. The topological polar surface area (TPSA) is 24.4 Å². The third kappa shape index (κ3) is 4.04. The highest BCUT2D eigenvalue weighted by molar-refractivity contribution is 5.72.